The van der Waals surface area contributed by atoms with Crippen LogP contribution in [0.1, 0.15) is 130 Å². The van der Waals surface area contributed by atoms with Crippen molar-refractivity contribution in [2.24, 2.45) is 0 Å². The van der Waals surface area contributed by atoms with Crippen LogP contribution >= 0.6 is 0 Å². The van der Waals surface area contributed by atoms with E-state index in [1.807, 2.05) is 0 Å². The molecule has 0 heterocycles. The van der Waals surface area contributed by atoms with Gasteiger partial charge in [-0.1, -0.05) is 97.8 Å². The van der Waals surface area contributed by atoms with Gasteiger partial charge in [-0.3, -0.25) is 0 Å². The fraction of sp³-hybridized carbons (Fsp3) is 0.846. The second-order valence-corrected chi connectivity index (χ2v) is 8.37. The van der Waals surface area contributed by atoms with Crippen LogP contribution in [-0.2, 0) is 19.1 Å². The lowest BCUT2D eigenvalue weighted by Gasteiger charge is -2.12. The number of hydrogen-bond acceptors (Lipinski definition) is 4. The molecule has 0 aliphatic rings. The number of unbranched alkanes of at least 4 members (excludes halogenated alkanes) is 12. The molecule has 0 amide bonds. The molecule has 0 aromatic carbocycles. The number of rotatable bonds is 20. The Morgan fingerprint density at radius 2 is 0.933 bits per heavy atom. The Balaban J connectivity index is 4.48. The highest BCUT2D eigenvalue weighted by molar-refractivity contribution is 5.99. The lowest BCUT2D eigenvalue weighted by atomic mass is 10.0. The first-order valence-corrected chi connectivity index (χ1v) is 12.6. The molecule has 4 nitrogen and oxygen atoms in total. The Bertz CT molecular complexity index is 468. The van der Waals surface area contributed by atoms with Crippen LogP contribution in [0, 0.1) is 0 Å². The summed E-state index contributed by atoms with van der Waals surface area (Å²) in [5.41, 5.74) is 0.924. The lowest BCUT2D eigenvalue weighted by molar-refractivity contribution is -0.142. The molecule has 0 bridgehead atoms. The Kier molecular flexibility index (Phi) is 20.0. The van der Waals surface area contributed by atoms with Gasteiger partial charge in [0.1, 0.15) is 0 Å². The van der Waals surface area contributed by atoms with Gasteiger partial charge in [0.15, 0.2) is 0 Å². The van der Waals surface area contributed by atoms with E-state index in [-0.39, 0.29) is 11.9 Å². The molecule has 0 aliphatic carbocycles. The van der Waals surface area contributed by atoms with Crippen LogP contribution in [0.25, 0.3) is 0 Å². The van der Waals surface area contributed by atoms with Gasteiger partial charge in [0.2, 0.25) is 0 Å². The topological polar surface area (TPSA) is 52.6 Å². The number of carbonyl (C=O) groups excluding carboxylic acids is 2. The normalized spacial score (nSPS) is 11.9. The summed E-state index contributed by atoms with van der Waals surface area (Å²) in [5, 5.41) is 0. The Labute approximate surface area is 186 Å². The average molecular weight is 425 g/mol. The van der Waals surface area contributed by atoms with Gasteiger partial charge in [0, 0.05) is 11.1 Å². The fourth-order valence-corrected chi connectivity index (χ4v) is 3.41. The third-order valence-corrected chi connectivity index (χ3v) is 5.50. The molecule has 0 unspecified atom stereocenters. The molecule has 0 atom stereocenters. The quantitative estimate of drug-likeness (QED) is 0.114. The van der Waals surface area contributed by atoms with Gasteiger partial charge in [-0.25, -0.2) is 9.59 Å². The Morgan fingerprint density at radius 1 is 0.533 bits per heavy atom. The highest BCUT2D eigenvalue weighted by atomic mass is 16.5. The predicted octanol–water partition coefficient (Wildman–Crippen LogP) is 7.69. The van der Waals surface area contributed by atoms with E-state index in [2.05, 4.69) is 20.8 Å². The molecule has 4 heteroatoms. The van der Waals surface area contributed by atoms with Crippen LogP contribution < -0.4 is 0 Å². The van der Waals surface area contributed by atoms with E-state index >= 15 is 0 Å². The fourth-order valence-electron chi connectivity index (χ4n) is 3.41. The van der Waals surface area contributed by atoms with Crippen molar-refractivity contribution in [3.05, 3.63) is 11.1 Å². The monoisotopic (exact) mass is 424 g/mol. The van der Waals surface area contributed by atoms with Crippen LogP contribution in [0.15, 0.2) is 11.1 Å². The molecule has 176 valence electrons. The van der Waals surface area contributed by atoms with Crippen LogP contribution in [0.3, 0.4) is 0 Å². The number of hydrogen-bond donors (Lipinski definition) is 0. The van der Waals surface area contributed by atoms with Crippen molar-refractivity contribution in [3.8, 4) is 0 Å². The third kappa shape index (κ3) is 15.5. The molecule has 0 aliphatic heterocycles. The molecule has 0 saturated heterocycles. The minimum absolute atomic E-state index is 0.339. The molecule has 0 aromatic heterocycles. The minimum Gasteiger partial charge on any atom is -0.462 e. The van der Waals surface area contributed by atoms with E-state index < -0.39 is 0 Å². The summed E-state index contributed by atoms with van der Waals surface area (Å²) in [6, 6.07) is 0. The highest BCUT2D eigenvalue weighted by Crippen LogP contribution is 2.18. The molecular formula is C26H48O4. The van der Waals surface area contributed by atoms with E-state index in [1.54, 1.807) is 6.92 Å². The maximum Gasteiger partial charge on any atom is 0.334 e. The number of esters is 2. The van der Waals surface area contributed by atoms with E-state index in [4.69, 9.17) is 9.47 Å². The minimum atomic E-state index is -0.369. The van der Waals surface area contributed by atoms with Gasteiger partial charge in [-0.05, 0) is 32.6 Å². The first kappa shape index (κ1) is 28.7. The second kappa shape index (κ2) is 20.9. The molecule has 0 rings (SSSR count). The largest absolute Gasteiger partial charge is 0.462 e. The first-order valence-electron chi connectivity index (χ1n) is 12.6. The maximum atomic E-state index is 12.6. The van der Waals surface area contributed by atoms with Gasteiger partial charge in [0.05, 0.1) is 13.2 Å². The summed E-state index contributed by atoms with van der Waals surface area (Å²) in [7, 11) is 0. The van der Waals surface area contributed by atoms with Crippen LogP contribution in [0.4, 0.5) is 0 Å². The first-order chi connectivity index (χ1) is 14.6. The van der Waals surface area contributed by atoms with Crippen molar-refractivity contribution >= 4 is 11.9 Å². The van der Waals surface area contributed by atoms with Crippen molar-refractivity contribution in [1.82, 2.24) is 0 Å². The molecular weight excluding hydrogens is 376 g/mol. The summed E-state index contributed by atoms with van der Waals surface area (Å²) in [6.07, 6.45) is 17.4. The van der Waals surface area contributed by atoms with Crippen LogP contribution in [-0.4, -0.2) is 25.2 Å². The van der Waals surface area contributed by atoms with Crippen LogP contribution in [0.2, 0.25) is 0 Å². The van der Waals surface area contributed by atoms with E-state index in [0.717, 1.165) is 44.9 Å². The van der Waals surface area contributed by atoms with Gasteiger partial charge in [-0.2, -0.15) is 0 Å². The van der Waals surface area contributed by atoms with Crippen molar-refractivity contribution in [1.29, 1.82) is 0 Å². The maximum absolute atomic E-state index is 12.6. The van der Waals surface area contributed by atoms with Gasteiger partial charge >= 0.3 is 11.9 Å². The molecule has 0 N–H and O–H groups in total. The molecule has 0 fully saturated rings. The smallest absolute Gasteiger partial charge is 0.334 e. The molecule has 0 aromatic rings. The summed E-state index contributed by atoms with van der Waals surface area (Å²) >= 11 is 0. The zero-order valence-electron chi connectivity index (χ0n) is 20.4. The molecule has 0 saturated carbocycles. The van der Waals surface area contributed by atoms with Crippen molar-refractivity contribution in [2.45, 2.75) is 130 Å². The van der Waals surface area contributed by atoms with Crippen molar-refractivity contribution in [3.63, 3.8) is 0 Å². The van der Waals surface area contributed by atoms with E-state index in [0.29, 0.717) is 30.8 Å². The molecule has 0 radical (unpaired) electrons. The van der Waals surface area contributed by atoms with Gasteiger partial charge in [0.25, 0.3) is 0 Å². The summed E-state index contributed by atoms with van der Waals surface area (Å²) < 4.78 is 10.9. The average Bonchev–Trinajstić information content (AvgIpc) is 2.74. The van der Waals surface area contributed by atoms with Gasteiger partial charge < -0.3 is 9.47 Å². The van der Waals surface area contributed by atoms with E-state index in [9.17, 15) is 9.59 Å². The number of ether oxygens (including phenoxy) is 2. The molecule has 30 heavy (non-hydrogen) atoms. The van der Waals surface area contributed by atoms with Gasteiger partial charge in [-0.15, -0.1) is 0 Å². The zero-order valence-corrected chi connectivity index (χ0v) is 20.4. The summed E-state index contributed by atoms with van der Waals surface area (Å²) in [6.45, 7) is 9.10. The lowest BCUT2D eigenvalue weighted by Crippen LogP contribution is -2.16. The number of carbonyl (C=O) groups is 2. The van der Waals surface area contributed by atoms with Crippen molar-refractivity contribution in [2.75, 3.05) is 13.2 Å². The van der Waals surface area contributed by atoms with Crippen molar-refractivity contribution < 1.29 is 19.1 Å². The summed E-state index contributed by atoms with van der Waals surface area (Å²) in [4.78, 5) is 25.1. The summed E-state index contributed by atoms with van der Waals surface area (Å²) in [5.74, 6) is -0.708. The third-order valence-electron chi connectivity index (χ3n) is 5.50. The standard InChI is InChI=1S/C26H48O4/c1-5-8-11-13-15-18-21-29-25(27)23(4)24(20-17-10-7-3)26(28)30-22-19-16-14-12-9-6-2/h5-22H2,1-4H3/b24-23-. The highest BCUT2D eigenvalue weighted by Gasteiger charge is 2.19. The SMILES string of the molecule is CCCCCCCCOC(=O)/C(C)=C(/CCCCC)C(=O)OCCCCCCCC. The molecule has 0 spiro atoms. The Hall–Kier alpha value is -1.32. The van der Waals surface area contributed by atoms with E-state index in [1.165, 1.54) is 51.4 Å². The van der Waals surface area contributed by atoms with Crippen LogP contribution in [0.5, 0.6) is 0 Å². The predicted molar refractivity (Wildman–Crippen MR) is 126 cm³/mol. The second-order valence-electron chi connectivity index (χ2n) is 8.37. The Morgan fingerprint density at radius 3 is 1.43 bits per heavy atom. The zero-order chi connectivity index (χ0) is 22.5.